The third kappa shape index (κ3) is 7.71. The molecule has 0 fully saturated rings. The molecule has 0 saturated heterocycles. The maximum Gasteiger partial charge on any atom is 0.133 e. The lowest BCUT2D eigenvalue weighted by atomic mass is 9.99. The zero-order valence-corrected chi connectivity index (χ0v) is 15.1. The van der Waals surface area contributed by atoms with Crippen molar-refractivity contribution in [3.05, 3.63) is 29.3 Å². The van der Waals surface area contributed by atoms with Crippen LogP contribution in [0.2, 0.25) is 0 Å². The Kier molecular flexibility index (Phi) is 10.7. The average molecular weight is 355 g/mol. The number of hydrogen-bond donors (Lipinski definition) is 5. The van der Waals surface area contributed by atoms with Crippen molar-refractivity contribution in [2.75, 3.05) is 13.2 Å². The zero-order chi connectivity index (χ0) is 18.7. The van der Waals surface area contributed by atoms with Crippen LogP contribution in [0.1, 0.15) is 56.6 Å². The zero-order valence-electron chi connectivity index (χ0n) is 15.1. The number of aryl methyl sites for hydroxylation is 1. The first-order valence-corrected chi connectivity index (χ1v) is 9.17. The van der Waals surface area contributed by atoms with Crippen LogP contribution in [-0.2, 0) is 13.0 Å². The number of phenolic OH excluding ortho intramolecular Hbond substituents is 1. The minimum atomic E-state index is -1.29. The van der Waals surface area contributed by atoms with Gasteiger partial charge in [-0.1, -0.05) is 45.1 Å². The first-order valence-electron chi connectivity index (χ1n) is 9.17. The lowest BCUT2D eigenvalue weighted by molar-refractivity contribution is -0.138. The van der Waals surface area contributed by atoms with Crippen LogP contribution in [0.15, 0.2) is 18.2 Å². The van der Waals surface area contributed by atoms with Gasteiger partial charge in [0.15, 0.2) is 0 Å². The van der Waals surface area contributed by atoms with Crippen molar-refractivity contribution in [3.63, 3.8) is 0 Å². The molecule has 0 spiro atoms. The molecule has 0 radical (unpaired) electrons. The van der Waals surface area contributed by atoms with Crippen molar-refractivity contribution in [3.8, 4) is 5.75 Å². The second-order valence-electron chi connectivity index (χ2n) is 6.47. The monoisotopic (exact) mass is 355 g/mol. The minimum absolute atomic E-state index is 0.110. The first kappa shape index (κ1) is 21.9. The molecule has 2 unspecified atom stereocenters. The molecular weight excluding hydrogens is 322 g/mol. The molecule has 0 aliphatic rings. The summed E-state index contributed by atoms with van der Waals surface area (Å²) < 4.78 is 0. The summed E-state index contributed by atoms with van der Waals surface area (Å²) >= 11 is 0. The van der Waals surface area contributed by atoms with E-state index in [-0.39, 0.29) is 12.3 Å². The highest BCUT2D eigenvalue weighted by atomic mass is 16.4. The van der Waals surface area contributed by atoms with E-state index >= 15 is 0 Å². The van der Waals surface area contributed by atoms with Gasteiger partial charge in [0.2, 0.25) is 0 Å². The maximum absolute atomic E-state index is 9.88. The van der Waals surface area contributed by atoms with Crippen molar-refractivity contribution in [1.82, 2.24) is 4.90 Å². The smallest absolute Gasteiger partial charge is 0.133 e. The molecule has 1 aromatic carbocycles. The largest absolute Gasteiger partial charge is 0.508 e. The predicted molar refractivity (Wildman–Crippen MR) is 96.9 cm³/mol. The van der Waals surface area contributed by atoms with E-state index in [1.807, 2.05) is 6.07 Å². The van der Waals surface area contributed by atoms with Crippen molar-refractivity contribution < 1.29 is 25.5 Å². The van der Waals surface area contributed by atoms with Crippen molar-refractivity contribution >= 4 is 0 Å². The van der Waals surface area contributed by atoms with Gasteiger partial charge in [0.05, 0.1) is 13.2 Å². The Morgan fingerprint density at radius 1 is 0.880 bits per heavy atom. The van der Waals surface area contributed by atoms with Crippen LogP contribution in [0.5, 0.6) is 5.75 Å². The molecule has 5 N–H and O–H groups in total. The van der Waals surface area contributed by atoms with E-state index in [1.165, 1.54) is 30.6 Å². The standard InChI is InChI=1S/C19H33NO5/c1-2-3-4-5-6-7-8-15-9-10-17(23)11-16(15)12-20(18(24)13-21)19(25)14-22/h9-11,18-19,21-25H,2-8,12-14H2,1H3. The molecule has 6 heteroatoms. The Morgan fingerprint density at radius 3 is 2.08 bits per heavy atom. The lowest BCUT2D eigenvalue weighted by Crippen LogP contribution is -2.46. The minimum Gasteiger partial charge on any atom is -0.508 e. The highest BCUT2D eigenvalue weighted by Gasteiger charge is 2.23. The molecule has 0 aromatic heterocycles. The molecule has 6 nitrogen and oxygen atoms in total. The summed E-state index contributed by atoms with van der Waals surface area (Å²) in [5.41, 5.74) is 1.81. The van der Waals surface area contributed by atoms with Gasteiger partial charge in [0.1, 0.15) is 18.2 Å². The summed E-state index contributed by atoms with van der Waals surface area (Å²) in [6.07, 6.45) is 5.39. The quantitative estimate of drug-likeness (QED) is 0.273. The average Bonchev–Trinajstić information content (AvgIpc) is 2.62. The second kappa shape index (κ2) is 12.2. The third-order valence-electron chi connectivity index (χ3n) is 4.43. The number of benzene rings is 1. The summed E-state index contributed by atoms with van der Waals surface area (Å²) in [6.45, 7) is 1.21. The number of phenols is 1. The van der Waals surface area contributed by atoms with E-state index in [2.05, 4.69) is 6.92 Å². The van der Waals surface area contributed by atoms with Gasteiger partial charge in [-0.3, -0.25) is 0 Å². The van der Waals surface area contributed by atoms with Crippen LogP contribution in [0, 0.1) is 0 Å². The predicted octanol–water partition coefficient (Wildman–Crippen LogP) is 1.72. The molecule has 144 valence electrons. The van der Waals surface area contributed by atoms with E-state index < -0.39 is 25.7 Å². The van der Waals surface area contributed by atoms with E-state index in [0.29, 0.717) is 0 Å². The molecule has 1 aromatic rings. The van der Waals surface area contributed by atoms with E-state index in [4.69, 9.17) is 10.2 Å². The van der Waals surface area contributed by atoms with Crippen LogP contribution in [0.3, 0.4) is 0 Å². The van der Waals surface area contributed by atoms with E-state index in [1.54, 1.807) is 12.1 Å². The van der Waals surface area contributed by atoms with Gasteiger partial charge in [0, 0.05) is 6.54 Å². The first-order chi connectivity index (χ1) is 12.0. The van der Waals surface area contributed by atoms with Gasteiger partial charge in [-0.15, -0.1) is 0 Å². The van der Waals surface area contributed by atoms with Crippen LogP contribution < -0.4 is 0 Å². The highest BCUT2D eigenvalue weighted by Crippen LogP contribution is 2.22. The van der Waals surface area contributed by atoms with Gasteiger partial charge < -0.3 is 25.5 Å². The molecule has 0 bridgehead atoms. The number of nitrogens with zero attached hydrogens (tertiary/aromatic N) is 1. The van der Waals surface area contributed by atoms with Crippen LogP contribution in [-0.4, -0.2) is 56.1 Å². The summed E-state index contributed by atoms with van der Waals surface area (Å²) in [5.74, 6) is 0.110. The maximum atomic E-state index is 9.88. The molecule has 0 amide bonds. The SMILES string of the molecule is CCCCCCCCc1ccc(O)cc1CN(C(O)CO)C(O)CO. The van der Waals surface area contributed by atoms with Gasteiger partial charge in [-0.2, -0.15) is 0 Å². The number of aliphatic hydroxyl groups excluding tert-OH is 4. The number of hydrogen-bond acceptors (Lipinski definition) is 6. The van der Waals surface area contributed by atoms with Crippen LogP contribution in [0.4, 0.5) is 0 Å². The number of aliphatic hydroxyl groups is 4. The van der Waals surface area contributed by atoms with Gasteiger partial charge >= 0.3 is 0 Å². The van der Waals surface area contributed by atoms with E-state index in [0.717, 1.165) is 30.4 Å². The molecule has 1 rings (SSSR count). The van der Waals surface area contributed by atoms with Gasteiger partial charge in [-0.25, -0.2) is 4.90 Å². The van der Waals surface area contributed by atoms with Gasteiger partial charge in [0.25, 0.3) is 0 Å². The Balaban J connectivity index is 2.74. The number of aromatic hydroxyl groups is 1. The Hall–Kier alpha value is -1.18. The van der Waals surface area contributed by atoms with Crippen LogP contribution >= 0.6 is 0 Å². The Bertz CT molecular complexity index is 473. The fourth-order valence-electron chi connectivity index (χ4n) is 2.92. The molecule has 0 saturated carbocycles. The summed E-state index contributed by atoms with van der Waals surface area (Å²) in [4.78, 5) is 1.21. The summed E-state index contributed by atoms with van der Waals surface area (Å²) in [7, 11) is 0. The van der Waals surface area contributed by atoms with E-state index in [9.17, 15) is 15.3 Å². The van der Waals surface area contributed by atoms with Gasteiger partial charge in [-0.05, 0) is 36.1 Å². The molecule has 0 aliphatic heterocycles. The summed E-state index contributed by atoms with van der Waals surface area (Å²) in [6, 6.07) is 5.09. The van der Waals surface area contributed by atoms with Crippen molar-refractivity contribution in [1.29, 1.82) is 0 Å². The summed E-state index contributed by atoms with van der Waals surface area (Å²) in [5, 5.41) is 47.9. The fraction of sp³-hybridized carbons (Fsp3) is 0.684. The topological polar surface area (TPSA) is 104 Å². The molecule has 2 atom stereocenters. The number of rotatable bonds is 13. The van der Waals surface area contributed by atoms with Crippen molar-refractivity contribution in [2.24, 2.45) is 0 Å². The third-order valence-corrected chi connectivity index (χ3v) is 4.43. The highest BCUT2D eigenvalue weighted by molar-refractivity contribution is 5.35. The fourth-order valence-corrected chi connectivity index (χ4v) is 2.92. The number of unbranched alkanes of at least 4 members (excludes halogenated alkanes) is 5. The normalized spacial score (nSPS) is 14.0. The van der Waals surface area contributed by atoms with Crippen LogP contribution in [0.25, 0.3) is 0 Å². The molecule has 0 heterocycles. The molecule has 25 heavy (non-hydrogen) atoms. The Labute approximate surface area is 150 Å². The lowest BCUT2D eigenvalue weighted by Gasteiger charge is -2.31. The second-order valence-corrected chi connectivity index (χ2v) is 6.47. The van der Waals surface area contributed by atoms with Crippen molar-refractivity contribution in [2.45, 2.75) is 70.9 Å². The molecule has 0 aliphatic carbocycles. The molecular formula is C19H33NO5. The Morgan fingerprint density at radius 2 is 1.48 bits per heavy atom.